The van der Waals surface area contributed by atoms with Gasteiger partial charge in [-0.25, -0.2) is 4.98 Å². The molecule has 30 heavy (non-hydrogen) atoms. The smallest absolute Gasteiger partial charge is 0.269 e. The van der Waals surface area contributed by atoms with Gasteiger partial charge < -0.3 is 9.47 Å². The maximum atomic E-state index is 12.5. The fourth-order valence-corrected chi connectivity index (χ4v) is 3.99. The topological polar surface area (TPSA) is 104 Å². The minimum absolute atomic E-state index is 0.0678. The van der Waals surface area contributed by atoms with Gasteiger partial charge in [0, 0.05) is 28.1 Å². The van der Waals surface area contributed by atoms with Crippen LogP contribution in [-0.2, 0) is 6.42 Å². The number of nitrogens with zero attached hydrogens (tertiary/aromatic N) is 2. The molecule has 2 aromatic carbocycles. The second-order valence-corrected chi connectivity index (χ2v) is 7.45. The van der Waals surface area contributed by atoms with Gasteiger partial charge >= 0.3 is 0 Å². The standard InChI is InChI=1S/C21H21N3O5S/c1-4-5-18-19(14-8-11-16(28-2)17(12-14)29-3)22-21(30-18)23-20(25)13-6-9-15(10-7-13)24(26)27/h6-12H,4-5H2,1-3H3,(H,22,23,25). The van der Waals surface area contributed by atoms with E-state index in [0.717, 1.165) is 29.0 Å². The van der Waals surface area contributed by atoms with E-state index in [9.17, 15) is 14.9 Å². The summed E-state index contributed by atoms with van der Waals surface area (Å²) in [5.41, 5.74) is 1.90. The minimum atomic E-state index is -0.505. The fourth-order valence-electron chi connectivity index (χ4n) is 2.91. The van der Waals surface area contributed by atoms with Crippen LogP contribution in [0.25, 0.3) is 11.3 Å². The Labute approximate surface area is 177 Å². The molecule has 156 valence electrons. The molecule has 1 N–H and O–H groups in total. The molecule has 0 atom stereocenters. The van der Waals surface area contributed by atoms with Crippen molar-refractivity contribution in [3.8, 4) is 22.8 Å². The number of non-ortho nitro benzene ring substituents is 1. The number of rotatable bonds is 8. The van der Waals surface area contributed by atoms with Crippen molar-refractivity contribution in [1.29, 1.82) is 0 Å². The third kappa shape index (κ3) is 4.57. The van der Waals surface area contributed by atoms with E-state index in [4.69, 9.17) is 9.47 Å². The number of methoxy groups -OCH3 is 2. The van der Waals surface area contributed by atoms with Crippen LogP contribution in [0.3, 0.4) is 0 Å². The van der Waals surface area contributed by atoms with Crippen LogP contribution in [0.2, 0.25) is 0 Å². The third-order valence-corrected chi connectivity index (χ3v) is 5.42. The molecule has 1 amide bonds. The minimum Gasteiger partial charge on any atom is -0.493 e. The van der Waals surface area contributed by atoms with E-state index in [1.165, 1.54) is 35.6 Å². The zero-order chi connectivity index (χ0) is 21.7. The van der Waals surface area contributed by atoms with Gasteiger partial charge in [-0.15, -0.1) is 11.3 Å². The normalized spacial score (nSPS) is 10.5. The Morgan fingerprint density at radius 1 is 1.13 bits per heavy atom. The number of ether oxygens (including phenoxy) is 2. The van der Waals surface area contributed by atoms with Crippen molar-refractivity contribution >= 4 is 28.1 Å². The zero-order valence-corrected chi connectivity index (χ0v) is 17.6. The molecule has 3 rings (SSSR count). The van der Waals surface area contributed by atoms with Crippen molar-refractivity contribution in [2.24, 2.45) is 0 Å². The molecule has 0 aliphatic carbocycles. The number of amides is 1. The van der Waals surface area contributed by atoms with Gasteiger partial charge in [-0.2, -0.15) is 0 Å². The van der Waals surface area contributed by atoms with Gasteiger partial charge in [0.15, 0.2) is 16.6 Å². The lowest BCUT2D eigenvalue weighted by atomic mass is 10.1. The van der Waals surface area contributed by atoms with E-state index in [1.54, 1.807) is 14.2 Å². The highest BCUT2D eigenvalue weighted by molar-refractivity contribution is 7.16. The van der Waals surface area contributed by atoms with Gasteiger partial charge in [0.25, 0.3) is 11.6 Å². The largest absolute Gasteiger partial charge is 0.493 e. The number of carbonyl (C=O) groups is 1. The summed E-state index contributed by atoms with van der Waals surface area (Å²) in [5.74, 6) is 0.850. The number of nitrogens with one attached hydrogen (secondary N) is 1. The Kier molecular flexibility index (Phi) is 6.63. The van der Waals surface area contributed by atoms with Gasteiger partial charge in [0.05, 0.1) is 24.8 Å². The van der Waals surface area contributed by atoms with Crippen molar-refractivity contribution in [2.75, 3.05) is 19.5 Å². The SMILES string of the molecule is CCCc1sc(NC(=O)c2ccc([N+](=O)[O-])cc2)nc1-c1ccc(OC)c(OC)c1. The summed E-state index contributed by atoms with van der Waals surface area (Å²) in [6, 6.07) is 11.0. The predicted molar refractivity (Wildman–Crippen MR) is 116 cm³/mol. The second kappa shape index (κ2) is 9.36. The molecule has 0 bridgehead atoms. The highest BCUT2D eigenvalue weighted by Crippen LogP contribution is 2.37. The van der Waals surface area contributed by atoms with Crippen molar-refractivity contribution in [2.45, 2.75) is 19.8 Å². The number of aryl methyl sites for hydroxylation is 1. The van der Waals surface area contributed by atoms with E-state index >= 15 is 0 Å². The number of thiazole rings is 1. The quantitative estimate of drug-likeness (QED) is 0.403. The number of aromatic nitrogens is 1. The zero-order valence-electron chi connectivity index (χ0n) is 16.8. The molecule has 0 spiro atoms. The van der Waals surface area contributed by atoms with Crippen LogP contribution in [0, 0.1) is 10.1 Å². The highest BCUT2D eigenvalue weighted by atomic mass is 32.1. The maximum Gasteiger partial charge on any atom is 0.269 e. The van der Waals surface area contributed by atoms with Gasteiger partial charge in [-0.1, -0.05) is 13.3 Å². The first kappa shape index (κ1) is 21.3. The molecule has 0 unspecified atom stereocenters. The molecule has 0 fully saturated rings. The molecular weight excluding hydrogens is 406 g/mol. The van der Waals surface area contributed by atoms with Crippen molar-refractivity contribution < 1.29 is 19.2 Å². The van der Waals surface area contributed by atoms with Crippen LogP contribution in [0.15, 0.2) is 42.5 Å². The summed E-state index contributed by atoms with van der Waals surface area (Å²) in [6.45, 7) is 2.08. The average molecular weight is 427 g/mol. The van der Waals surface area contributed by atoms with Crippen LogP contribution >= 0.6 is 11.3 Å². The van der Waals surface area contributed by atoms with E-state index in [2.05, 4.69) is 17.2 Å². The Morgan fingerprint density at radius 2 is 1.83 bits per heavy atom. The fraction of sp³-hybridized carbons (Fsp3) is 0.238. The lowest BCUT2D eigenvalue weighted by Gasteiger charge is -2.09. The molecule has 0 saturated heterocycles. The lowest BCUT2D eigenvalue weighted by molar-refractivity contribution is -0.384. The number of nitro groups is 1. The first-order valence-corrected chi connectivity index (χ1v) is 10.1. The second-order valence-electron chi connectivity index (χ2n) is 6.37. The maximum absolute atomic E-state index is 12.5. The molecule has 0 radical (unpaired) electrons. The van der Waals surface area contributed by atoms with E-state index in [0.29, 0.717) is 22.2 Å². The first-order chi connectivity index (χ1) is 14.5. The number of carbonyl (C=O) groups excluding carboxylic acids is 1. The summed E-state index contributed by atoms with van der Waals surface area (Å²) in [4.78, 5) is 28.5. The Hall–Kier alpha value is -3.46. The molecule has 8 nitrogen and oxygen atoms in total. The van der Waals surface area contributed by atoms with Gasteiger partial charge in [-0.3, -0.25) is 20.2 Å². The van der Waals surface area contributed by atoms with Crippen LogP contribution < -0.4 is 14.8 Å². The summed E-state index contributed by atoms with van der Waals surface area (Å²) >= 11 is 1.41. The number of anilines is 1. The van der Waals surface area contributed by atoms with Crippen LogP contribution in [-0.4, -0.2) is 30.0 Å². The molecule has 9 heteroatoms. The van der Waals surface area contributed by atoms with Crippen LogP contribution in [0.5, 0.6) is 11.5 Å². The molecule has 1 aromatic heterocycles. The lowest BCUT2D eigenvalue weighted by Crippen LogP contribution is -2.11. The first-order valence-electron chi connectivity index (χ1n) is 9.24. The monoisotopic (exact) mass is 427 g/mol. The molecule has 0 saturated carbocycles. The Bertz CT molecular complexity index is 1060. The number of nitro benzene ring substituents is 1. The van der Waals surface area contributed by atoms with Crippen LogP contribution in [0.1, 0.15) is 28.6 Å². The van der Waals surface area contributed by atoms with Gasteiger partial charge in [0.1, 0.15) is 0 Å². The van der Waals surface area contributed by atoms with Gasteiger partial charge in [0.2, 0.25) is 0 Å². The van der Waals surface area contributed by atoms with E-state index in [-0.39, 0.29) is 11.6 Å². The Morgan fingerprint density at radius 3 is 2.43 bits per heavy atom. The third-order valence-electron chi connectivity index (χ3n) is 4.39. The van der Waals surface area contributed by atoms with Crippen molar-refractivity contribution in [1.82, 2.24) is 4.98 Å². The Balaban J connectivity index is 1.88. The van der Waals surface area contributed by atoms with E-state index in [1.807, 2.05) is 18.2 Å². The summed E-state index contributed by atoms with van der Waals surface area (Å²) < 4.78 is 10.7. The van der Waals surface area contributed by atoms with Crippen LogP contribution in [0.4, 0.5) is 10.8 Å². The highest BCUT2D eigenvalue weighted by Gasteiger charge is 2.17. The average Bonchev–Trinajstić information content (AvgIpc) is 3.15. The molecule has 0 aliphatic rings. The number of hydrogen-bond donors (Lipinski definition) is 1. The molecule has 0 aliphatic heterocycles. The summed E-state index contributed by atoms with van der Waals surface area (Å²) in [7, 11) is 3.15. The summed E-state index contributed by atoms with van der Waals surface area (Å²) in [6.07, 6.45) is 1.74. The molecule has 3 aromatic rings. The molecular formula is C21H21N3O5S. The predicted octanol–water partition coefficient (Wildman–Crippen LogP) is 4.94. The summed E-state index contributed by atoms with van der Waals surface area (Å²) in [5, 5.41) is 14.0. The van der Waals surface area contributed by atoms with Crippen molar-refractivity contribution in [3.05, 3.63) is 63.0 Å². The number of hydrogen-bond acceptors (Lipinski definition) is 7. The van der Waals surface area contributed by atoms with Crippen molar-refractivity contribution in [3.63, 3.8) is 0 Å². The van der Waals surface area contributed by atoms with Gasteiger partial charge in [-0.05, 0) is 36.8 Å². The molecule has 1 heterocycles. The van der Waals surface area contributed by atoms with E-state index < -0.39 is 4.92 Å². The number of benzene rings is 2.